The summed E-state index contributed by atoms with van der Waals surface area (Å²) in [5.74, 6) is -0.825. The van der Waals surface area contributed by atoms with Crippen molar-refractivity contribution in [2.24, 2.45) is 5.41 Å². The van der Waals surface area contributed by atoms with Crippen molar-refractivity contribution in [3.63, 3.8) is 0 Å². The van der Waals surface area contributed by atoms with Crippen LogP contribution in [0.25, 0.3) is 22.6 Å². The lowest BCUT2D eigenvalue weighted by molar-refractivity contribution is -0.136. The van der Waals surface area contributed by atoms with Gasteiger partial charge in [-0.2, -0.15) is 10.2 Å². The zero-order valence-corrected chi connectivity index (χ0v) is 16.6. The van der Waals surface area contributed by atoms with E-state index in [1.54, 1.807) is 0 Å². The molecule has 2 N–H and O–H groups in total. The zero-order valence-electron chi connectivity index (χ0n) is 16.6. The van der Waals surface area contributed by atoms with Crippen LogP contribution in [0.4, 0.5) is 0 Å². The number of fused-ring (bicyclic) bond motifs is 1. The van der Waals surface area contributed by atoms with E-state index in [0.717, 1.165) is 54.0 Å². The summed E-state index contributed by atoms with van der Waals surface area (Å²) < 4.78 is 2.13. The number of aryl methyl sites for hydroxylation is 1. The Kier molecular flexibility index (Phi) is 4.57. The van der Waals surface area contributed by atoms with Crippen LogP contribution in [0.3, 0.4) is 0 Å². The number of hydrogen-bond acceptors (Lipinski definition) is 3. The normalized spacial score (nSPS) is 15.4. The monoisotopic (exact) mass is 378 g/mol. The van der Waals surface area contributed by atoms with Gasteiger partial charge < -0.3 is 5.11 Å². The van der Waals surface area contributed by atoms with Crippen LogP contribution in [0, 0.1) is 5.41 Å². The topological polar surface area (TPSA) is 83.8 Å². The number of rotatable bonds is 5. The number of hydrogen-bond donors (Lipinski definition) is 2. The van der Waals surface area contributed by atoms with Crippen molar-refractivity contribution >= 4 is 5.97 Å². The van der Waals surface area contributed by atoms with E-state index in [4.69, 9.17) is 10.2 Å². The van der Waals surface area contributed by atoms with Crippen LogP contribution in [0.15, 0.2) is 30.3 Å². The number of aromatic nitrogens is 4. The summed E-state index contributed by atoms with van der Waals surface area (Å²) in [6, 6.07) is 9.55. The molecule has 0 atom stereocenters. The van der Waals surface area contributed by atoms with Gasteiger partial charge in [0.05, 0.1) is 17.8 Å². The standard InChI is InChI=1S/C22H26N4O2/c1-4-26-19-13-22(2,3)10-9-16(19)21(25-26)18-12-17(23-24-18)15-7-5-14(6-8-15)11-20(27)28/h5-8,12H,4,9-11,13H2,1-3H3,(H,23,24)(H,27,28). The minimum atomic E-state index is -0.825. The van der Waals surface area contributed by atoms with E-state index >= 15 is 0 Å². The fourth-order valence-electron chi connectivity index (χ4n) is 4.04. The second-order valence-corrected chi connectivity index (χ2v) is 8.36. The highest BCUT2D eigenvalue weighted by atomic mass is 16.4. The maximum atomic E-state index is 10.8. The van der Waals surface area contributed by atoms with Crippen LogP contribution in [0.2, 0.25) is 0 Å². The molecule has 0 radical (unpaired) electrons. The van der Waals surface area contributed by atoms with Gasteiger partial charge in [-0.25, -0.2) is 0 Å². The van der Waals surface area contributed by atoms with Gasteiger partial charge in [-0.1, -0.05) is 38.1 Å². The molecule has 3 aromatic rings. The minimum Gasteiger partial charge on any atom is -0.481 e. The highest BCUT2D eigenvalue weighted by molar-refractivity contribution is 5.72. The molecule has 6 nitrogen and oxygen atoms in total. The zero-order chi connectivity index (χ0) is 19.9. The van der Waals surface area contributed by atoms with Crippen LogP contribution in [-0.2, 0) is 30.6 Å². The van der Waals surface area contributed by atoms with Gasteiger partial charge in [0.2, 0.25) is 0 Å². The number of benzene rings is 1. The van der Waals surface area contributed by atoms with E-state index in [-0.39, 0.29) is 6.42 Å². The first-order valence-electron chi connectivity index (χ1n) is 9.82. The molecular weight excluding hydrogens is 352 g/mol. The third-order valence-electron chi connectivity index (χ3n) is 5.60. The number of nitrogens with zero attached hydrogens (tertiary/aromatic N) is 3. The molecule has 28 heavy (non-hydrogen) atoms. The Hall–Kier alpha value is -2.89. The highest BCUT2D eigenvalue weighted by Gasteiger charge is 2.31. The molecule has 0 bridgehead atoms. The molecule has 0 spiro atoms. The first-order chi connectivity index (χ1) is 13.4. The molecule has 0 aliphatic heterocycles. The van der Waals surface area contributed by atoms with Crippen LogP contribution < -0.4 is 0 Å². The summed E-state index contributed by atoms with van der Waals surface area (Å²) in [5.41, 5.74) is 7.53. The van der Waals surface area contributed by atoms with Crippen molar-refractivity contribution < 1.29 is 9.90 Å². The number of aromatic amines is 1. The lowest BCUT2D eigenvalue weighted by atomic mass is 9.76. The first kappa shape index (κ1) is 18.5. The molecule has 6 heteroatoms. The number of aliphatic carboxylic acids is 1. The van der Waals surface area contributed by atoms with Gasteiger partial charge in [0.25, 0.3) is 0 Å². The maximum absolute atomic E-state index is 10.8. The Labute approximate surface area is 164 Å². The predicted molar refractivity (Wildman–Crippen MR) is 108 cm³/mol. The number of carboxylic acids is 1. The summed E-state index contributed by atoms with van der Waals surface area (Å²) in [7, 11) is 0. The summed E-state index contributed by atoms with van der Waals surface area (Å²) in [6.07, 6.45) is 3.28. The van der Waals surface area contributed by atoms with Crippen LogP contribution >= 0.6 is 0 Å². The smallest absolute Gasteiger partial charge is 0.307 e. The molecule has 1 aliphatic carbocycles. The minimum absolute atomic E-state index is 0.0308. The maximum Gasteiger partial charge on any atom is 0.307 e. The van der Waals surface area contributed by atoms with E-state index in [2.05, 4.69) is 35.7 Å². The number of H-pyrrole nitrogens is 1. The molecule has 2 heterocycles. The summed E-state index contributed by atoms with van der Waals surface area (Å²) in [4.78, 5) is 10.8. The quantitative estimate of drug-likeness (QED) is 0.700. The van der Waals surface area contributed by atoms with Crippen molar-refractivity contribution in [3.05, 3.63) is 47.2 Å². The average Bonchev–Trinajstić information content (AvgIpc) is 3.25. The lowest BCUT2D eigenvalue weighted by Gasteiger charge is -2.30. The van der Waals surface area contributed by atoms with Crippen molar-refractivity contribution in [1.29, 1.82) is 0 Å². The number of nitrogens with one attached hydrogen (secondary N) is 1. The second-order valence-electron chi connectivity index (χ2n) is 8.36. The molecule has 0 amide bonds. The van der Waals surface area contributed by atoms with Gasteiger partial charge in [0.1, 0.15) is 5.69 Å². The third-order valence-corrected chi connectivity index (χ3v) is 5.60. The van der Waals surface area contributed by atoms with Crippen LogP contribution in [0.1, 0.15) is 44.0 Å². The average molecular weight is 378 g/mol. The molecule has 1 aromatic carbocycles. The molecule has 4 rings (SSSR count). The fourth-order valence-corrected chi connectivity index (χ4v) is 4.04. The van der Waals surface area contributed by atoms with Crippen molar-refractivity contribution in [3.8, 4) is 22.6 Å². The number of carboxylic acid groups (broad SMARTS) is 1. The summed E-state index contributed by atoms with van der Waals surface area (Å²) in [5, 5.41) is 21.4. The Bertz CT molecular complexity index is 1010. The summed E-state index contributed by atoms with van der Waals surface area (Å²) in [6.45, 7) is 7.65. The van der Waals surface area contributed by atoms with Gasteiger partial charge >= 0.3 is 5.97 Å². The Balaban J connectivity index is 1.65. The predicted octanol–water partition coefficient (Wildman–Crippen LogP) is 4.10. The van der Waals surface area contributed by atoms with E-state index < -0.39 is 5.97 Å². The molecule has 0 fully saturated rings. The van der Waals surface area contributed by atoms with E-state index in [1.807, 2.05) is 30.3 Å². The fraction of sp³-hybridized carbons (Fsp3) is 0.409. The number of carbonyl (C=O) groups is 1. The SMILES string of the molecule is CCn1nc(-c2cc(-c3ccc(CC(=O)O)cc3)n[nH]2)c2c1CC(C)(C)CC2. The van der Waals surface area contributed by atoms with E-state index in [9.17, 15) is 4.79 Å². The van der Waals surface area contributed by atoms with Crippen molar-refractivity contribution in [2.45, 2.75) is 53.0 Å². The molecular formula is C22H26N4O2. The van der Waals surface area contributed by atoms with Gasteiger partial charge in [0, 0.05) is 23.4 Å². The first-order valence-corrected chi connectivity index (χ1v) is 9.82. The Morgan fingerprint density at radius 3 is 2.71 bits per heavy atom. The van der Waals surface area contributed by atoms with Gasteiger partial charge in [0.15, 0.2) is 0 Å². The molecule has 146 valence electrons. The van der Waals surface area contributed by atoms with Crippen LogP contribution in [-0.4, -0.2) is 31.1 Å². The van der Waals surface area contributed by atoms with Crippen molar-refractivity contribution in [2.75, 3.05) is 0 Å². The highest BCUT2D eigenvalue weighted by Crippen LogP contribution is 2.39. The van der Waals surface area contributed by atoms with Gasteiger partial charge in [-0.3, -0.25) is 14.6 Å². The molecule has 0 saturated heterocycles. The lowest BCUT2D eigenvalue weighted by Crippen LogP contribution is -2.24. The van der Waals surface area contributed by atoms with E-state index in [1.165, 1.54) is 11.3 Å². The second kappa shape index (κ2) is 6.93. The molecule has 2 aromatic heterocycles. The third kappa shape index (κ3) is 3.46. The van der Waals surface area contributed by atoms with Crippen LogP contribution in [0.5, 0.6) is 0 Å². The summed E-state index contributed by atoms with van der Waals surface area (Å²) >= 11 is 0. The Morgan fingerprint density at radius 2 is 2.04 bits per heavy atom. The van der Waals surface area contributed by atoms with E-state index in [0.29, 0.717) is 5.41 Å². The van der Waals surface area contributed by atoms with Gasteiger partial charge in [-0.15, -0.1) is 0 Å². The molecule has 1 aliphatic rings. The molecule has 0 saturated carbocycles. The van der Waals surface area contributed by atoms with Gasteiger partial charge in [-0.05, 0) is 43.2 Å². The van der Waals surface area contributed by atoms with Crippen molar-refractivity contribution in [1.82, 2.24) is 20.0 Å². The largest absolute Gasteiger partial charge is 0.481 e. The molecule has 0 unspecified atom stereocenters. The Morgan fingerprint density at radius 1 is 1.29 bits per heavy atom.